The largest absolute Gasteiger partial charge is 0.271 e. The number of nitrogens with zero attached hydrogens (tertiary/aromatic N) is 2. The summed E-state index contributed by atoms with van der Waals surface area (Å²) in [5.74, 6) is 6.30. The molecule has 90 valence electrons. The summed E-state index contributed by atoms with van der Waals surface area (Å²) in [6.45, 7) is 0. The van der Waals surface area contributed by atoms with Crippen molar-refractivity contribution >= 4 is 0 Å². The molecule has 0 amide bonds. The van der Waals surface area contributed by atoms with Crippen LogP contribution in [0.4, 0.5) is 0 Å². The lowest BCUT2D eigenvalue weighted by molar-refractivity contribution is 0.477. The van der Waals surface area contributed by atoms with E-state index in [2.05, 4.69) is 44.9 Å². The van der Waals surface area contributed by atoms with E-state index in [0.29, 0.717) is 0 Å². The van der Waals surface area contributed by atoms with Crippen LogP contribution in [0, 0.1) is 0 Å². The van der Waals surface area contributed by atoms with Gasteiger partial charge in [0.1, 0.15) is 12.2 Å². The van der Waals surface area contributed by atoms with Crippen LogP contribution in [0.2, 0.25) is 0 Å². The molecule has 0 aliphatic rings. The van der Waals surface area contributed by atoms with E-state index in [1.54, 1.807) is 0 Å². The Morgan fingerprint density at radius 1 is 1.29 bits per heavy atom. The van der Waals surface area contributed by atoms with Crippen LogP contribution in [0.1, 0.15) is 30.3 Å². The van der Waals surface area contributed by atoms with Gasteiger partial charge in [0, 0.05) is 0 Å². The van der Waals surface area contributed by atoms with Crippen LogP contribution in [0.15, 0.2) is 36.7 Å². The van der Waals surface area contributed by atoms with Gasteiger partial charge in [0.15, 0.2) is 0 Å². The number of aromatic nitrogens is 3. The van der Waals surface area contributed by atoms with Gasteiger partial charge >= 0.3 is 0 Å². The van der Waals surface area contributed by atoms with Crippen LogP contribution in [-0.2, 0) is 6.42 Å². The van der Waals surface area contributed by atoms with Gasteiger partial charge in [-0.3, -0.25) is 10.9 Å². The minimum Gasteiger partial charge on any atom is -0.271 e. The molecule has 0 saturated carbocycles. The molecule has 0 radical (unpaired) electrons. The molecular weight excluding hydrogens is 214 g/mol. The summed E-state index contributed by atoms with van der Waals surface area (Å²) in [4.78, 5) is 4.10. The molecule has 1 heterocycles. The molecule has 4 N–H and O–H groups in total. The summed E-state index contributed by atoms with van der Waals surface area (Å²) >= 11 is 0. The van der Waals surface area contributed by atoms with Gasteiger partial charge in [-0.2, -0.15) is 5.10 Å². The van der Waals surface area contributed by atoms with E-state index >= 15 is 0 Å². The molecule has 2 aromatic rings. The second kappa shape index (κ2) is 6.12. The lowest BCUT2D eigenvalue weighted by Crippen LogP contribution is -2.29. The van der Waals surface area contributed by atoms with E-state index in [1.165, 1.54) is 11.9 Å². The number of rotatable bonds is 6. The zero-order chi connectivity index (χ0) is 11.9. The monoisotopic (exact) mass is 231 g/mol. The van der Waals surface area contributed by atoms with Crippen molar-refractivity contribution in [3.05, 3.63) is 48.0 Å². The maximum Gasteiger partial charge on any atom is 0.142 e. The molecule has 1 atom stereocenters. The summed E-state index contributed by atoms with van der Waals surface area (Å²) < 4.78 is 0. The lowest BCUT2D eigenvalue weighted by Gasteiger charge is -2.12. The first kappa shape index (κ1) is 11.8. The maximum absolute atomic E-state index is 5.51. The molecule has 1 unspecified atom stereocenters. The van der Waals surface area contributed by atoms with Crippen LogP contribution < -0.4 is 11.3 Å². The second-order valence-electron chi connectivity index (χ2n) is 3.97. The minimum absolute atomic E-state index is 0.0428. The van der Waals surface area contributed by atoms with Crippen molar-refractivity contribution in [2.24, 2.45) is 5.84 Å². The molecule has 2 rings (SSSR count). The molecule has 0 fully saturated rings. The fourth-order valence-corrected chi connectivity index (χ4v) is 1.84. The Bertz CT molecular complexity index is 412. The fraction of sp³-hybridized carbons (Fsp3) is 0.333. The molecule has 1 aromatic heterocycles. The van der Waals surface area contributed by atoms with Gasteiger partial charge in [-0.15, -0.1) is 0 Å². The average Bonchev–Trinajstić information content (AvgIpc) is 2.90. The molecule has 17 heavy (non-hydrogen) atoms. The molecule has 0 aliphatic heterocycles. The molecule has 0 bridgehead atoms. The van der Waals surface area contributed by atoms with Crippen molar-refractivity contribution in [3.8, 4) is 0 Å². The third-order valence-corrected chi connectivity index (χ3v) is 2.77. The predicted octanol–water partition coefficient (Wildman–Crippen LogP) is 1.33. The zero-order valence-electron chi connectivity index (χ0n) is 9.63. The standard InChI is InChI=1S/C12H17N5/c13-16-11(12-14-9-15-17-12)8-4-7-10-5-2-1-3-6-10/h1-3,5-6,9,11,16H,4,7-8,13H2,(H,14,15,17). The van der Waals surface area contributed by atoms with Gasteiger partial charge < -0.3 is 0 Å². The first-order valence-electron chi connectivity index (χ1n) is 5.75. The Morgan fingerprint density at radius 3 is 2.76 bits per heavy atom. The second-order valence-corrected chi connectivity index (χ2v) is 3.97. The topological polar surface area (TPSA) is 79.6 Å². The van der Waals surface area contributed by atoms with E-state index in [1.807, 2.05) is 6.07 Å². The third kappa shape index (κ3) is 3.37. The summed E-state index contributed by atoms with van der Waals surface area (Å²) in [6.07, 6.45) is 4.53. The Kier molecular flexibility index (Phi) is 4.23. The van der Waals surface area contributed by atoms with Crippen molar-refractivity contribution < 1.29 is 0 Å². The SMILES string of the molecule is NNC(CCCc1ccccc1)c1ncn[nH]1. The van der Waals surface area contributed by atoms with Crippen molar-refractivity contribution in [1.29, 1.82) is 0 Å². The number of aryl methyl sites for hydroxylation is 1. The predicted molar refractivity (Wildman–Crippen MR) is 65.8 cm³/mol. The summed E-state index contributed by atoms with van der Waals surface area (Å²) in [6, 6.07) is 10.5. The van der Waals surface area contributed by atoms with E-state index in [4.69, 9.17) is 5.84 Å². The first-order chi connectivity index (χ1) is 8.40. The first-order valence-corrected chi connectivity index (χ1v) is 5.75. The molecule has 5 heteroatoms. The highest BCUT2D eigenvalue weighted by Gasteiger charge is 2.11. The highest BCUT2D eigenvalue weighted by molar-refractivity contribution is 5.14. The number of hydrogen-bond acceptors (Lipinski definition) is 4. The van der Waals surface area contributed by atoms with E-state index in [9.17, 15) is 0 Å². The highest BCUT2D eigenvalue weighted by atomic mass is 15.3. The molecule has 5 nitrogen and oxygen atoms in total. The Labute approximate surface area is 100 Å². The van der Waals surface area contributed by atoms with Crippen LogP contribution in [0.25, 0.3) is 0 Å². The number of hydrogen-bond donors (Lipinski definition) is 3. The number of nitrogens with one attached hydrogen (secondary N) is 2. The van der Waals surface area contributed by atoms with Crippen molar-refractivity contribution in [2.75, 3.05) is 0 Å². The van der Waals surface area contributed by atoms with Crippen molar-refractivity contribution in [2.45, 2.75) is 25.3 Å². The number of hydrazine groups is 1. The fourth-order valence-electron chi connectivity index (χ4n) is 1.84. The van der Waals surface area contributed by atoms with Gasteiger partial charge in [-0.05, 0) is 24.8 Å². The van der Waals surface area contributed by atoms with Gasteiger partial charge in [-0.25, -0.2) is 10.4 Å². The normalized spacial score (nSPS) is 12.5. The zero-order valence-corrected chi connectivity index (χ0v) is 9.63. The maximum atomic E-state index is 5.51. The molecule has 0 saturated heterocycles. The number of nitrogens with two attached hydrogens (primary N) is 1. The summed E-state index contributed by atoms with van der Waals surface area (Å²) in [5.41, 5.74) is 4.10. The summed E-state index contributed by atoms with van der Waals surface area (Å²) in [7, 11) is 0. The van der Waals surface area contributed by atoms with Gasteiger partial charge in [-0.1, -0.05) is 30.3 Å². The third-order valence-electron chi connectivity index (χ3n) is 2.77. The molecule has 0 aliphatic carbocycles. The summed E-state index contributed by atoms with van der Waals surface area (Å²) in [5, 5.41) is 6.66. The van der Waals surface area contributed by atoms with Crippen LogP contribution in [0.5, 0.6) is 0 Å². The molecular formula is C12H17N5. The van der Waals surface area contributed by atoms with E-state index < -0.39 is 0 Å². The van der Waals surface area contributed by atoms with Gasteiger partial charge in [0.05, 0.1) is 6.04 Å². The van der Waals surface area contributed by atoms with Crippen LogP contribution >= 0.6 is 0 Å². The van der Waals surface area contributed by atoms with Gasteiger partial charge in [0.25, 0.3) is 0 Å². The minimum atomic E-state index is 0.0428. The lowest BCUT2D eigenvalue weighted by atomic mass is 10.0. The van der Waals surface area contributed by atoms with E-state index in [-0.39, 0.29) is 6.04 Å². The number of H-pyrrole nitrogens is 1. The van der Waals surface area contributed by atoms with Gasteiger partial charge in [0.2, 0.25) is 0 Å². The number of aromatic amines is 1. The average molecular weight is 231 g/mol. The van der Waals surface area contributed by atoms with Crippen molar-refractivity contribution in [3.63, 3.8) is 0 Å². The number of benzene rings is 1. The van der Waals surface area contributed by atoms with Crippen LogP contribution in [-0.4, -0.2) is 15.2 Å². The molecule has 0 spiro atoms. The smallest absolute Gasteiger partial charge is 0.142 e. The Balaban J connectivity index is 1.81. The molecule has 1 aromatic carbocycles. The highest BCUT2D eigenvalue weighted by Crippen LogP contribution is 2.14. The van der Waals surface area contributed by atoms with Crippen LogP contribution in [0.3, 0.4) is 0 Å². The quantitative estimate of drug-likeness (QED) is 0.517. The van der Waals surface area contributed by atoms with E-state index in [0.717, 1.165) is 25.1 Å². The Morgan fingerprint density at radius 2 is 2.12 bits per heavy atom. The Hall–Kier alpha value is -1.72. The van der Waals surface area contributed by atoms with Crippen molar-refractivity contribution in [1.82, 2.24) is 20.6 Å².